The summed E-state index contributed by atoms with van der Waals surface area (Å²) in [7, 11) is 0. The summed E-state index contributed by atoms with van der Waals surface area (Å²) in [6.07, 6.45) is 3.23. The van der Waals surface area contributed by atoms with Crippen molar-refractivity contribution in [2.24, 2.45) is 0 Å². The van der Waals surface area contributed by atoms with Crippen molar-refractivity contribution in [3.63, 3.8) is 0 Å². The number of rotatable bonds is 5. The Labute approximate surface area is 95.1 Å². The molecule has 1 rings (SSSR count). The molecule has 16 heavy (non-hydrogen) atoms. The maximum atomic E-state index is 12.1. The lowest BCUT2D eigenvalue weighted by Gasteiger charge is -2.30. The minimum absolute atomic E-state index is 0.160. The third-order valence-corrected chi connectivity index (χ3v) is 2.80. The number of carboxylic acids is 1. The normalized spacial score (nSPS) is 24.1. The van der Waals surface area contributed by atoms with E-state index in [-0.39, 0.29) is 19.0 Å². The van der Waals surface area contributed by atoms with Gasteiger partial charge in [0, 0.05) is 6.54 Å². The van der Waals surface area contributed by atoms with Crippen LogP contribution in [0.5, 0.6) is 0 Å². The molecular formula is C11H18N2O3. The molecular weight excluding hydrogens is 208 g/mol. The topological polar surface area (TPSA) is 69.6 Å². The number of nitrogens with zero attached hydrogens (tertiary/aromatic N) is 1. The largest absolute Gasteiger partial charge is 0.480 e. The quantitative estimate of drug-likeness (QED) is 0.658. The minimum Gasteiger partial charge on any atom is -0.480 e. The van der Waals surface area contributed by atoms with Crippen LogP contribution in [-0.2, 0) is 9.59 Å². The first kappa shape index (κ1) is 12.7. The summed E-state index contributed by atoms with van der Waals surface area (Å²) in [5.41, 5.74) is -0.613. The van der Waals surface area contributed by atoms with Gasteiger partial charge in [-0.2, -0.15) is 0 Å². The molecule has 0 saturated carbocycles. The maximum Gasteiger partial charge on any atom is 0.323 e. The Morgan fingerprint density at radius 3 is 2.75 bits per heavy atom. The van der Waals surface area contributed by atoms with Crippen molar-refractivity contribution in [2.45, 2.75) is 25.3 Å². The molecule has 90 valence electrons. The van der Waals surface area contributed by atoms with E-state index >= 15 is 0 Å². The number of carbonyl (C=O) groups excluding carboxylic acids is 1. The van der Waals surface area contributed by atoms with Crippen LogP contribution in [0.2, 0.25) is 0 Å². The van der Waals surface area contributed by atoms with Crippen LogP contribution in [0.25, 0.3) is 0 Å². The van der Waals surface area contributed by atoms with Crippen molar-refractivity contribution < 1.29 is 14.7 Å². The lowest BCUT2D eigenvalue weighted by molar-refractivity contribution is -0.146. The Balaban J connectivity index is 2.72. The van der Waals surface area contributed by atoms with Crippen molar-refractivity contribution in [1.29, 1.82) is 0 Å². The van der Waals surface area contributed by atoms with Gasteiger partial charge in [0.1, 0.15) is 6.54 Å². The third-order valence-electron chi connectivity index (χ3n) is 2.80. The Kier molecular flexibility index (Phi) is 4.06. The van der Waals surface area contributed by atoms with E-state index in [2.05, 4.69) is 11.9 Å². The predicted molar refractivity (Wildman–Crippen MR) is 60.1 cm³/mol. The summed E-state index contributed by atoms with van der Waals surface area (Å²) in [6, 6.07) is 0. The van der Waals surface area contributed by atoms with Crippen LogP contribution in [-0.4, -0.2) is 47.1 Å². The first-order valence-corrected chi connectivity index (χ1v) is 5.37. The zero-order valence-electron chi connectivity index (χ0n) is 9.53. The monoisotopic (exact) mass is 226 g/mol. The number of carboxylic acid groups (broad SMARTS) is 1. The molecule has 0 aromatic rings. The highest BCUT2D eigenvalue weighted by Gasteiger charge is 2.38. The maximum absolute atomic E-state index is 12.1. The number of nitrogens with one attached hydrogen (secondary N) is 1. The van der Waals surface area contributed by atoms with Gasteiger partial charge in [-0.05, 0) is 26.3 Å². The van der Waals surface area contributed by atoms with E-state index in [4.69, 9.17) is 5.11 Å². The van der Waals surface area contributed by atoms with Gasteiger partial charge in [0.15, 0.2) is 0 Å². The molecule has 1 heterocycles. The average Bonchev–Trinajstić information content (AvgIpc) is 2.64. The standard InChI is InChI=1S/C11H18N2O3/c1-3-7-13(8-9(14)15)10(16)11(2)5-4-6-12-11/h3,12H,1,4-8H2,2H3,(H,14,15). The van der Waals surface area contributed by atoms with Crippen LogP contribution in [0.15, 0.2) is 12.7 Å². The Hall–Kier alpha value is -1.36. The molecule has 1 fully saturated rings. The van der Waals surface area contributed by atoms with Gasteiger partial charge < -0.3 is 15.3 Å². The van der Waals surface area contributed by atoms with Gasteiger partial charge in [-0.3, -0.25) is 9.59 Å². The lowest BCUT2D eigenvalue weighted by Crippen LogP contribution is -2.54. The summed E-state index contributed by atoms with van der Waals surface area (Å²) in [5, 5.41) is 11.9. The van der Waals surface area contributed by atoms with Gasteiger partial charge in [0.25, 0.3) is 0 Å². The van der Waals surface area contributed by atoms with Crippen molar-refractivity contribution >= 4 is 11.9 Å². The second kappa shape index (κ2) is 5.12. The van der Waals surface area contributed by atoms with E-state index in [1.807, 2.05) is 6.92 Å². The molecule has 0 radical (unpaired) electrons. The number of aliphatic carboxylic acids is 1. The van der Waals surface area contributed by atoms with Crippen molar-refractivity contribution in [1.82, 2.24) is 10.2 Å². The Morgan fingerprint density at radius 1 is 1.62 bits per heavy atom. The van der Waals surface area contributed by atoms with Crippen LogP contribution >= 0.6 is 0 Å². The molecule has 0 spiro atoms. The summed E-state index contributed by atoms with van der Waals surface area (Å²) < 4.78 is 0. The van der Waals surface area contributed by atoms with Gasteiger partial charge >= 0.3 is 5.97 Å². The van der Waals surface area contributed by atoms with E-state index in [1.165, 1.54) is 4.90 Å². The predicted octanol–water partition coefficient (Wildman–Crippen LogP) is 0.228. The molecule has 0 bridgehead atoms. The van der Waals surface area contributed by atoms with Gasteiger partial charge in [-0.25, -0.2) is 0 Å². The van der Waals surface area contributed by atoms with E-state index < -0.39 is 11.5 Å². The zero-order chi connectivity index (χ0) is 12.2. The molecule has 5 heteroatoms. The molecule has 1 saturated heterocycles. The molecule has 2 N–H and O–H groups in total. The Bertz CT molecular complexity index is 296. The van der Waals surface area contributed by atoms with E-state index in [0.717, 1.165) is 19.4 Å². The average molecular weight is 226 g/mol. The zero-order valence-corrected chi connectivity index (χ0v) is 9.53. The highest BCUT2D eigenvalue weighted by Crippen LogP contribution is 2.21. The third kappa shape index (κ3) is 2.82. The van der Waals surface area contributed by atoms with Crippen LogP contribution in [0.4, 0.5) is 0 Å². The fourth-order valence-electron chi connectivity index (χ4n) is 1.96. The molecule has 1 amide bonds. The van der Waals surface area contributed by atoms with Gasteiger partial charge in [0.05, 0.1) is 5.54 Å². The Morgan fingerprint density at radius 2 is 2.31 bits per heavy atom. The van der Waals surface area contributed by atoms with Crippen molar-refractivity contribution in [3.05, 3.63) is 12.7 Å². The fourth-order valence-corrected chi connectivity index (χ4v) is 1.96. The summed E-state index contributed by atoms with van der Waals surface area (Å²) >= 11 is 0. The summed E-state index contributed by atoms with van der Waals surface area (Å²) in [4.78, 5) is 24.1. The van der Waals surface area contributed by atoms with E-state index in [1.54, 1.807) is 6.08 Å². The van der Waals surface area contributed by atoms with E-state index in [9.17, 15) is 9.59 Å². The second-order valence-electron chi connectivity index (χ2n) is 4.23. The number of amides is 1. The molecule has 0 aromatic carbocycles. The molecule has 0 aliphatic carbocycles. The molecule has 1 atom stereocenters. The molecule has 1 aliphatic heterocycles. The first-order valence-electron chi connectivity index (χ1n) is 5.37. The van der Waals surface area contributed by atoms with Crippen molar-refractivity contribution in [2.75, 3.05) is 19.6 Å². The SMILES string of the molecule is C=CCN(CC(=O)O)C(=O)C1(C)CCCN1. The number of hydrogen-bond donors (Lipinski definition) is 2. The van der Waals surface area contributed by atoms with Crippen LogP contribution in [0.1, 0.15) is 19.8 Å². The highest BCUT2D eigenvalue weighted by molar-refractivity contribution is 5.89. The van der Waals surface area contributed by atoms with Gasteiger partial charge in [-0.1, -0.05) is 6.08 Å². The first-order chi connectivity index (χ1) is 7.49. The minimum atomic E-state index is -1.00. The van der Waals surface area contributed by atoms with Gasteiger partial charge in [-0.15, -0.1) is 6.58 Å². The summed E-state index contributed by atoms with van der Waals surface area (Å²) in [5.74, 6) is -1.16. The number of carbonyl (C=O) groups is 2. The van der Waals surface area contributed by atoms with Crippen molar-refractivity contribution in [3.8, 4) is 0 Å². The molecule has 1 unspecified atom stereocenters. The second-order valence-corrected chi connectivity index (χ2v) is 4.23. The van der Waals surface area contributed by atoms with E-state index in [0.29, 0.717) is 0 Å². The molecule has 1 aliphatic rings. The highest BCUT2D eigenvalue weighted by atomic mass is 16.4. The lowest BCUT2D eigenvalue weighted by atomic mass is 9.98. The molecule has 0 aromatic heterocycles. The van der Waals surface area contributed by atoms with Crippen LogP contribution in [0, 0.1) is 0 Å². The number of hydrogen-bond acceptors (Lipinski definition) is 3. The van der Waals surface area contributed by atoms with Crippen LogP contribution < -0.4 is 5.32 Å². The molecule has 5 nitrogen and oxygen atoms in total. The van der Waals surface area contributed by atoms with Crippen LogP contribution in [0.3, 0.4) is 0 Å². The van der Waals surface area contributed by atoms with Gasteiger partial charge in [0.2, 0.25) is 5.91 Å². The summed E-state index contributed by atoms with van der Waals surface area (Å²) in [6.45, 7) is 6.15. The fraction of sp³-hybridized carbons (Fsp3) is 0.636. The smallest absolute Gasteiger partial charge is 0.323 e.